The lowest BCUT2D eigenvalue weighted by molar-refractivity contribution is 1.01. The van der Waals surface area contributed by atoms with Gasteiger partial charge in [0.2, 0.25) is 0 Å². The van der Waals surface area contributed by atoms with E-state index in [-0.39, 0.29) is 0 Å². The van der Waals surface area contributed by atoms with Crippen LogP contribution in [0.2, 0.25) is 0 Å². The molecule has 3 N–H and O–H groups in total. The van der Waals surface area contributed by atoms with Crippen LogP contribution in [0.25, 0.3) is 0 Å². The van der Waals surface area contributed by atoms with Gasteiger partial charge >= 0.3 is 0 Å². The molecule has 0 aliphatic heterocycles. The van der Waals surface area contributed by atoms with Crippen LogP contribution in [0.15, 0.2) is 23.2 Å². The number of aliphatic imine (C=N–C) groups is 1. The van der Waals surface area contributed by atoms with Gasteiger partial charge in [0.25, 0.3) is 0 Å². The van der Waals surface area contributed by atoms with Crippen molar-refractivity contribution < 1.29 is 0 Å². The van der Waals surface area contributed by atoms with Crippen LogP contribution < -0.4 is 11.1 Å². The minimum atomic E-state index is 0.416. The number of anilines is 1. The number of nitrogens with zero attached hydrogens (tertiary/aromatic N) is 2. The Morgan fingerprint density at radius 1 is 1.25 bits per heavy atom. The highest BCUT2D eigenvalue weighted by molar-refractivity contribution is 7.11. The van der Waals surface area contributed by atoms with Crippen LogP contribution in [0.3, 0.4) is 0 Å². The third-order valence-electron chi connectivity index (χ3n) is 3.24. The van der Waals surface area contributed by atoms with E-state index in [1.807, 2.05) is 13.0 Å². The van der Waals surface area contributed by atoms with Crippen LogP contribution >= 0.6 is 11.3 Å². The molecule has 0 unspecified atom stereocenters. The molecule has 2 rings (SSSR count). The van der Waals surface area contributed by atoms with Gasteiger partial charge in [-0.05, 0) is 51.0 Å². The van der Waals surface area contributed by atoms with E-state index in [1.54, 1.807) is 11.3 Å². The van der Waals surface area contributed by atoms with Gasteiger partial charge in [-0.1, -0.05) is 6.07 Å². The molecule has 0 fully saturated rings. The van der Waals surface area contributed by atoms with E-state index in [2.05, 4.69) is 48.2 Å². The average Bonchev–Trinajstić information content (AvgIpc) is 2.71. The number of benzene rings is 1. The highest BCUT2D eigenvalue weighted by atomic mass is 32.1. The second-order valence-electron chi connectivity index (χ2n) is 4.87. The third kappa shape index (κ3) is 3.57. The van der Waals surface area contributed by atoms with Crippen molar-refractivity contribution in [3.63, 3.8) is 0 Å². The molecule has 0 saturated heterocycles. The predicted molar refractivity (Wildman–Crippen MR) is 86.5 cm³/mol. The third-order valence-corrected chi connectivity index (χ3v) is 4.29. The lowest BCUT2D eigenvalue weighted by atomic mass is 10.1. The SMILES string of the molecule is Cc1ccc(NC(N)=NCc2nc(C)c(C)s2)cc1C. The van der Waals surface area contributed by atoms with E-state index in [4.69, 9.17) is 5.73 Å². The zero-order chi connectivity index (χ0) is 14.7. The molecular weight excluding hydrogens is 268 g/mol. The lowest BCUT2D eigenvalue weighted by Gasteiger charge is -2.07. The zero-order valence-corrected chi connectivity index (χ0v) is 13.1. The maximum absolute atomic E-state index is 5.90. The summed E-state index contributed by atoms with van der Waals surface area (Å²) < 4.78 is 0. The van der Waals surface area contributed by atoms with Crippen LogP contribution in [0.5, 0.6) is 0 Å². The number of nitrogens with two attached hydrogens (primary N) is 1. The van der Waals surface area contributed by atoms with Crippen molar-refractivity contribution >= 4 is 23.0 Å². The van der Waals surface area contributed by atoms with Gasteiger partial charge in [-0.15, -0.1) is 11.3 Å². The predicted octanol–water partition coefficient (Wildman–Crippen LogP) is 3.30. The molecule has 0 aliphatic rings. The van der Waals surface area contributed by atoms with Crippen LogP contribution in [0.4, 0.5) is 5.69 Å². The smallest absolute Gasteiger partial charge is 0.193 e. The van der Waals surface area contributed by atoms with E-state index in [1.165, 1.54) is 16.0 Å². The summed E-state index contributed by atoms with van der Waals surface area (Å²) >= 11 is 1.67. The number of aryl methyl sites for hydroxylation is 4. The van der Waals surface area contributed by atoms with Gasteiger partial charge in [0, 0.05) is 10.6 Å². The van der Waals surface area contributed by atoms with Gasteiger partial charge < -0.3 is 11.1 Å². The van der Waals surface area contributed by atoms with Crippen LogP contribution in [0, 0.1) is 27.7 Å². The lowest BCUT2D eigenvalue weighted by Crippen LogP contribution is -2.22. The summed E-state index contributed by atoms with van der Waals surface area (Å²) in [6, 6.07) is 6.14. The van der Waals surface area contributed by atoms with Crippen LogP contribution in [-0.2, 0) is 6.54 Å². The van der Waals surface area contributed by atoms with Crippen molar-refractivity contribution in [3.8, 4) is 0 Å². The standard InChI is InChI=1S/C15H20N4S/c1-9-5-6-13(7-10(9)2)19-15(16)17-8-14-18-11(3)12(4)20-14/h5-7H,8H2,1-4H3,(H3,16,17,19). The molecule has 1 heterocycles. The van der Waals surface area contributed by atoms with Gasteiger partial charge in [0.1, 0.15) is 5.01 Å². The van der Waals surface area contributed by atoms with Crippen molar-refractivity contribution in [2.24, 2.45) is 10.7 Å². The maximum Gasteiger partial charge on any atom is 0.193 e. The maximum atomic E-state index is 5.90. The topological polar surface area (TPSA) is 63.3 Å². The van der Waals surface area contributed by atoms with E-state index < -0.39 is 0 Å². The molecule has 0 aliphatic carbocycles. The molecule has 106 valence electrons. The first-order valence-electron chi connectivity index (χ1n) is 6.53. The molecule has 2 aromatic rings. The Kier molecular flexibility index (Phi) is 4.39. The molecule has 0 atom stereocenters. The summed E-state index contributed by atoms with van der Waals surface area (Å²) in [6.45, 7) is 8.76. The minimum absolute atomic E-state index is 0.416. The molecule has 4 nitrogen and oxygen atoms in total. The Morgan fingerprint density at radius 2 is 2.00 bits per heavy atom. The summed E-state index contributed by atoms with van der Waals surface area (Å²) in [4.78, 5) is 10.0. The van der Waals surface area contributed by atoms with Gasteiger partial charge in [-0.2, -0.15) is 0 Å². The van der Waals surface area contributed by atoms with Crippen molar-refractivity contribution in [3.05, 3.63) is 44.9 Å². The summed E-state index contributed by atoms with van der Waals surface area (Å²) in [5.41, 5.74) is 10.4. The number of hydrogen-bond acceptors (Lipinski definition) is 3. The fourth-order valence-corrected chi connectivity index (χ4v) is 2.62. The molecule has 1 aromatic carbocycles. The largest absolute Gasteiger partial charge is 0.370 e. The first-order valence-corrected chi connectivity index (χ1v) is 7.34. The van der Waals surface area contributed by atoms with E-state index in [9.17, 15) is 0 Å². The minimum Gasteiger partial charge on any atom is -0.370 e. The van der Waals surface area contributed by atoms with Crippen molar-refractivity contribution in [2.45, 2.75) is 34.2 Å². The molecule has 0 spiro atoms. The average molecular weight is 288 g/mol. The first-order chi connectivity index (χ1) is 9.45. The number of nitrogens with one attached hydrogen (secondary N) is 1. The summed E-state index contributed by atoms with van der Waals surface area (Å²) in [6.07, 6.45) is 0. The Labute approximate surface area is 123 Å². The molecule has 5 heteroatoms. The number of hydrogen-bond donors (Lipinski definition) is 2. The molecule has 1 aromatic heterocycles. The van der Waals surface area contributed by atoms with Crippen LogP contribution in [0.1, 0.15) is 26.7 Å². The van der Waals surface area contributed by atoms with Gasteiger partial charge in [0.15, 0.2) is 5.96 Å². The second kappa shape index (κ2) is 6.05. The van der Waals surface area contributed by atoms with Crippen molar-refractivity contribution in [2.75, 3.05) is 5.32 Å². The molecule has 0 amide bonds. The number of guanidine groups is 1. The first kappa shape index (κ1) is 14.5. The Morgan fingerprint density at radius 3 is 2.60 bits per heavy atom. The quantitative estimate of drug-likeness (QED) is 0.673. The van der Waals surface area contributed by atoms with Gasteiger partial charge in [-0.3, -0.25) is 0 Å². The highest BCUT2D eigenvalue weighted by Gasteiger charge is 2.03. The van der Waals surface area contributed by atoms with Crippen LogP contribution in [-0.4, -0.2) is 10.9 Å². The van der Waals surface area contributed by atoms with Gasteiger partial charge in [-0.25, -0.2) is 9.98 Å². The fourth-order valence-electron chi connectivity index (χ4n) is 1.77. The Balaban J connectivity index is 2.01. The molecule has 0 saturated carbocycles. The summed E-state index contributed by atoms with van der Waals surface area (Å²) in [7, 11) is 0. The normalized spacial score (nSPS) is 11.7. The highest BCUT2D eigenvalue weighted by Crippen LogP contribution is 2.17. The molecule has 0 bridgehead atoms. The monoisotopic (exact) mass is 288 g/mol. The van der Waals surface area contributed by atoms with E-state index in [0.29, 0.717) is 12.5 Å². The zero-order valence-electron chi connectivity index (χ0n) is 12.3. The number of rotatable bonds is 3. The number of aromatic nitrogens is 1. The molecular formula is C15H20N4S. The summed E-state index contributed by atoms with van der Waals surface area (Å²) in [5, 5.41) is 4.10. The van der Waals surface area contributed by atoms with Crippen molar-refractivity contribution in [1.29, 1.82) is 0 Å². The van der Waals surface area contributed by atoms with Crippen molar-refractivity contribution in [1.82, 2.24) is 4.98 Å². The molecule has 20 heavy (non-hydrogen) atoms. The Bertz CT molecular complexity index is 624. The fraction of sp³-hybridized carbons (Fsp3) is 0.333. The Hall–Kier alpha value is -1.88. The molecule has 0 radical (unpaired) electrons. The van der Waals surface area contributed by atoms with E-state index in [0.717, 1.165) is 16.4 Å². The summed E-state index contributed by atoms with van der Waals surface area (Å²) in [5.74, 6) is 0.416. The van der Waals surface area contributed by atoms with Gasteiger partial charge in [0.05, 0.1) is 12.2 Å². The van der Waals surface area contributed by atoms with E-state index >= 15 is 0 Å². The number of thiazole rings is 1. The second-order valence-corrected chi connectivity index (χ2v) is 6.16.